The first-order chi connectivity index (χ1) is 48.0. The van der Waals surface area contributed by atoms with Gasteiger partial charge in [-0.15, -0.1) is 0 Å². The zero-order chi connectivity index (χ0) is 69.5. The number of carbonyl (C=O) groups is 6. The van der Waals surface area contributed by atoms with Gasteiger partial charge in [-0.3, -0.25) is 28.8 Å². The lowest BCUT2D eigenvalue weighted by Gasteiger charge is -2.38. The number of para-hydroxylation sites is 2. The van der Waals surface area contributed by atoms with E-state index >= 15 is 0 Å². The lowest BCUT2D eigenvalue weighted by Crippen LogP contribution is -2.45. The minimum atomic E-state index is -0.807. The maximum absolute atomic E-state index is 14.0. The number of aromatic nitrogens is 6. The monoisotopic (exact) mass is 1340 g/mol. The summed E-state index contributed by atoms with van der Waals surface area (Å²) in [5.74, 6) is 0.0165. The highest BCUT2D eigenvalue weighted by atomic mass is 19.1. The molecule has 1 aliphatic carbocycles. The van der Waals surface area contributed by atoms with E-state index in [2.05, 4.69) is 46.3 Å². The number of piperidine rings is 1. The third-order valence-corrected chi connectivity index (χ3v) is 18.2. The highest BCUT2D eigenvalue weighted by molar-refractivity contribution is 6.06. The minimum Gasteiger partial charge on any atom is -0.457 e. The standard InChI is InChI=1S/C27H27F2N5O3.C25H25N5O3.C22H21N5O2/c1-2-23(35)33-13-10-16(11-14-33)21-9-12-31-27-24(26(30)36)25(32-34(21)27)17-3-6-19(7-4-17)37-22-8-5-18(28)15-20(22)29;1-2-20(31)28-25(13-14-25)19-12-15-27-24-21(23(26)32)22(29-30(19)24)16-8-10-18(11-9-16)33-17-6-4-3-5-7-17;1-2-18(28)25-16-11-7-6-10-15(16)17-12-13-24-22-19(21(23)29)20(26-27(17)22)14-8-4-3-5-9-14/h2-8,15-16,21,31H,1,9-14H2,(H2,30,36);2-11,19,27H,1,12-15H2,(H2,26,32)(H,28,31);2-11,17,24H,1,12-13H2,(H2,23,29)(H,25,28). The molecule has 0 spiro atoms. The van der Waals surface area contributed by atoms with Gasteiger partial charge in [0.25, 0.3) is 17.7 Å². The first-order valence-corrected chi connectivity index (χ1v) is 32.4. The number of anilines is 4. The van der Waals surface area contributed by atoms with Crippen LogP contribution in [0.15, 0.2) is 190 Å². The van der Waals surface area contributed by atoms with Crippen LogP contribution in [-0.4, -0.2) is 108 Å². The summed E-state index contributed by atoms with van der Waals surface area (Å²) in [7, 11) is 0. The second-order valence-electron chi connectivity index (χ2n) is 24.4. The molecule has 2 fully saturated rings. The molecule has 11 N–H and O–H groups in total. The molecule has 3 atom stereocenters. The first kappa shape index (κ1) is 66.9. The van der Waals surface area contributed by atoms with Crippen molar-refractivity contribution >= 4 is 58.6 Å². The van der Waals surface area contributed by atoms with Crippen LogP contribution in [0.5, 0.6) is 23.0 Å². The van der Waals surface area contributed by atoms with E-state index in [1.54, 1.807) is 33.8 Å². The van der Waals surface area contributed by atoms with Crippen molar-refractivity contribution in [2.45, 2.75) is 68.6 Å². The molecular formula is C74H73F2N15O8. The van der Waals surface area contributed by atoms with Gasteiger partial charge in [0.15, 0.2) is 11.6 Å². The first-order valence-electron chi connectivity index (χ1n) is 32.4. The Labute approximate surface area is 568 Å². The number of rotatable bonds is 18. The molecule has 5 aliphatic rings. The Balaban J connectivity index is 0.000000142. The number of nitrogens with one attached hydrogen (secondary N) is 5. The Morgan fingerprint density at radius 1 is 0.535 bits per heavy atom. The van der Waals surface area contributed by atoms with Crippen LogP contribution in [0.3, 0.4) is 0 Å². The Morgan fingerprint density at radius 2 is 1.03 bits per heavy atom. The molecule has 1 saturated heterocycles. The summed E-state index contributed by atoms with van der Waals surface area (Å²) in [6.07, 6.45) is 9.56. The number of carbonyl (C=O) groups excluding carboxylic acids is 6. The van der Waals surface area contributed by atoms with Gasteiger partial charge >= 0.3 is 0 Å². The molecule has 9 aromatic rings. The molecule has 1 saturated carbocycles. The van der Waals surface area contributed by atoms with Crippen LogP contribution in [0.1, 0.15) is 99.7 Å². The maximum atomic E-state index is 14.0. The van der Waals surface area contributed by atoms with Crippen LogP contribution in [0.25, 0.3) is 33.8 Å². The Kier molecular flexibility index (Phi) is 19.6. The summed E-state index contributed by atoms with van der Waals surface area (Å²) in [6, 6.07) is 43.5. The number of hydrogen-bond donors (Lipinski definition) is 8. The molecular weight excluding hydrogens is 1260 g/mol. The summed E-state index contributed by atoms with van der Waals surface area (Å²) in [4.78, 5) is 74.9. The molecule has 99 heavy (non-hydrogen) atoms. The summed E-state index contributed by atoms with van der Waals surface area (Å²) in [5, 5.41) is 30.2. The molecule has 4 aliphatic heterocycles. The molecule has 506 valence electrons. The fraction of sp³-hybridized carbons (Fsp3) is 0.230. The average molecular weight is 1340 g/mol. The number of benzene rings is 6. The number of amides is 6. The minimum absolute atomic E-state index is 0.0589. The van der Waals surface area contributed by atoms with Crippen molar-refractivity contribution in [1.82, 2.24) is 39.6 Å². The molecule has 0 bridgehead atoms. The van der Waals surface area contributed by atoms with Crippen molar-refractivity contribution in [1.29, 1.82) is 0 Å². The molecule has 0 radical (unpaired) electrons. The van der Waals surface area contributed by atoms with E-state index in [9.17, 15) is 37.5 Å². The van der Waals surface area contributed by atoms with E-state index < -0.39 is 29.4 Å². The predicted molar refractivity (Wildman–Crippen MR) is 372 cm³/mol. The quantitative estimate of drug-likeness (QED) is 0.0371. The summed E-state index contributed by atoms with van der Waals surface area (Å²) >= 11 is 0. The third kappa shape index (κ3) is 14.2. The van der Waals surface area contributed by atoms with Crippen molar-refractivity contribution in [3.05, 3.63) is 224 Å². The molecule has 14 rings (SSSR count). The van der Waals surface area contributed by atoms with E-state index in [1.165, 1.54) is 24.3 Å². The van der Waals surface area contributed by atoms with E-state index in [0.717, 1.165) is 79.5 Å². The number of nitrogens with zero attached hydrogens (tertiary/aromatic N) is 7. The van der Waals surface area contributed by atoms with Crippen LogP contribution in [-0.2, 0) is 14.4 Å². The number of primary amides is 3. The average Bonchev–Trinajstić information content (AvgIpc) is 1.58. The summed E-state index contributed by atoms with van der Waals surface area (Å²) in [6.45, 7) is 13.9. The van der Waals surface area contributed by atoms with Crippen molar-refractivity contribution in [2.75, 3.05) is 54.0 Å². The predicted octanol–water partition coefficient (Wildman–Crippen LogP) is 11.3. The van der Waals surface area contributed by atoms with Gasteiger partial charge in [0.05, 0.1) is 23.7 Å². The van der Waals surface area contributed by atoms with Gasteiger partial charge < -0.3 is 58.2 Å². The molecule has 23 nitrogen and oxygen atoms in total. The fourth-order valence-corrected chi connectivity index (χ4v) is 13.4. The van der Waals surface area contributed by atoms with Gasteiger partial charge in [-0.2, -0.15) is 15.3 Å². The van der Waals surface area contributed by atoms with E-state index in [4.69, 9.17) is 42.0 Å². The molecule has 3 aromatic heterocycles. The van der Waals surface area contributed by atoms with Crippen molar-refractivity contribution in [3.63, 3.8) is 0 Å². The lowest BCUT2D eigenvalue weighted by molar-refractivity contribution is -0.127. The van der Waals surface area contributed by atoms with Crippen molar-refractivity contribution in [3.8, 4) is 56.8 Å². The highest BCUT2D eigenvalue weighted by Gasteiger charge is 2.53. The van der Waals surface area contributed by atoms with Crippen LogP contribution < -0.4 is 53.3 Å². The van der Waals surface area contributed by atoms with E-state index in [0.29, 0.717) is 113 Å². The Morgan fingerprint density at radius 3 is 1.60 bits per heavy atom. The van der Waals surface area contributed by atoms with Gasteiger partial charge in [0, 0.05) is 66.7 Å². The highest BCUT2D eigenvalue weighted by Crippen LogP contribution is 2.50. The smallest absolute Gasteiger partial charge is 0.254 e. The second kappa shape index (κ2) is 29.1. The Hall–Kier alpha value is -12.2. The number of hydrogen-bond acceptors (Lipinski definition) is 14. The third-order valence-electron chi connectivity index (χ3n) is 18.2. The largest absolute Gasteiger partial charge is 0.457 e. The van der Waals surface area contributed by atoms with Gasteiger partial charge in [0.1, 0.15) is 74.3 Å². The number of nitrogens with two attached hydrogens (primary N) is 3. The second-order valence-corrected chi connectivity index (χ2v) is 24.4. The number of halogens is 2. The SMILES string of the molecule is C=CC(=O)N1CCC(C2CCNc3c(C(N)=O)c(-c4ccc(Oc5ccc(F)cc5F)cc4)nn32)CC1.C=CC(=O)NC1(C2CCNc3c(C(N)=O)c(-c4ccc(Oc5ccccc5)cc4)nn32)CC1.C=CC(=O)Nc1ccccc1C1CCNc2c(C(N)=O)c(-c3ccccc3)nn21. The van der Waals surface area contributed by atoms with Crippen LogP contribution in [0.4, 0.5) is 31.9 Å². The van der Waals surface area contributed by atoms with E-state index in [-0.39, 0.29) is 47.1 Å². The molecule has 25 heteroatoms. The van der Waals surface area contributed by atoms with E-state index in [1.807, 2.05) is 119 Å². The lowest BCUT2D eigenvalue weighted by atomic mass is 9.87. The van der Waals surface area contributed by atoms with Gasteiger partial charge in [-0.25, -0.2) is 22.8 Å². The zero-order valence-electron chi connectivity index (χ0n) is 54.0. The normalized spacial score (nSPS) is 16.9. The molecule has 6 aromatic carbocycles. The molecule has 7 heterocycles. The Bertz CT molecular complexity index is 4560. The number of ether oxygens (including phenoxy) is 2. The number of likely N-dealkylation sites (tertiary alicyclic amines) is 1. The zero-order valence-corrected chi connectivity index (χ0v) is 54.0. The van der Waals surface area contributed by atoms with Crippen LogP contribution in [0, 0.1) is 17.6 Å². The summed E-state index contributed by atoms with van der Waals surface area (Å²) < 4.78 is 44.0. The van der Waals surface area contributed by atoms with Crippen LogP contribution >= 0.6 is 0 Å². The number of fused-ring (bicyclic) bond motifs is 3. The maximum Gasteiger partial charge on any atom is 0.254 e. The van der Waals surface area contributed by atoms with Gasteiger partial charge in [-0.05, 0) is 148 Å². The summed E-state index contributed by atoms with van der Waals surface area (Å²) in [5.41, 5.74) is 23.2. The van der Waals surface area contributed by atoms with Gasteiger partial charge in [-0.1, -0.05) is 86.5 Å². The molecule has 6 amide bonds. The topological polar surface area (TPSA) is 316 Å². The van der Waals surface area contributed by atoms with Gasteiger partial charge in [0.2, 0.25) is 17.7 Å². The van der Waals surface area contributed by atoms with Crippen LogP contribution in [0.2, 0.25) is 0 Å². The van der Waals surface area contributed by atoms with Crippen molar-refractivity contribution < 1.29 is 47.0 Å². The fourth-order valence-electron chi connectivity index (χ4n) is 13.4. The molecule has 3 unspecified atom stereocenters. The van der Waals surface area contributed by atoms with Crippen molar-refractivity contribution in [2.24, 2.45) is 23.1 Å².